The molecule has 0 aromatic heterocycles. The van der Waals surface area contributed by atoms with Crippen LogP contribution in [0.5, 0.6) is 0 Å². The van der Waals surface area contributed by atoms with Crippen LogP contribution in [0.3, 0.4) is 0 Å². The Morgan fingerprint density at radius 3 is 1.71 bits per heavy atom. The van der Waals surface area contributed by atoms with E-state index >= 15 is 0 Å². The lowest BCUT2D eigenvalue weighted by molar-refractivity contribution is -0.134. The highest BCUT2D eigenvalue weighted by atomic mass is 32.2. The highest BCUT2D eigenvalue weighted by molar-refractivity contribution is 7.89. The van der Waals surface area contributed by atoms with E-state index in [9.17, 15) is 13.2 Å². The van der Waals surface area contributed by atoms with Crippen molar-refractivity contribution in [2.75, 3.05) is 0 Å². The first kappa shape index (κ1) is 16.8. The minimum atomic E-state index is -3.88. The Hall–Kier alpha value is -0.186. The van der Waals surface area contributed by atoms with E-state index in [1.807, 2.05) is 19.6 Å². The molecule has 0 rings (SSSR count). The summed E-state index contributed by atoms with van der Waals surface area (Å²) in [6, 6.07) is 0. The SMILES string of the molecule is CC(C(=O)O[Si](C)(C)C)S(=O)(=O)O[Si](C)(C)C. The highest BCUT2D eigenvalue weighted by Gasteiger charge is 2.36. The summed E-state index contributed by atoms with van der Waals surface area (Å²) >= 11 is 0. The van der Waals surface area contributed by atoms with Crippen molar-refractivity contribution < 1.29 is 21.5 Å². The molecule has 0 aliphatic carbocycles. The quantitative estimate of drug-likeness (QED) is 0.725. The number of hydrogen-bond acceptors (Lipinski definition) is 5. The predicted octanol–water partition coefficient (Wildman–Crippen LogP) is 1.93. The smallest absolute Gasteiger partial charge is 0.313 e. The standard InChI is InChI=1S/C9H22O5SSi2/c1-8(9(10)13-16(2,3)4)15(11,12)14-17(5,6)7/h8H,1-7H3. The molecule has 1 atom stereocenters. The van der Waals surface area contributed by atoms with Gasteiger partial charge in [0.1, 0.15) is 0 Å². The van der Waals surface area contributed by atoms with Gasteiger partial charge in [0.25, 0.3) is 10.1 Å². The average molecular weight is 299 g/mol. The van der Waals surface area contributed by atoms with Gasteiger partial charge < -0.3 is 8.30 Å². The molecule has 0 aliphatic heterocycles. The summed E-state index contributed by atoms with van der Waals surface area (Å²) in [6.07, 6.45) is 0. The van der Waals surface area contributed by atoms with E-state index in [1.54, 1.807) is 19.6 Å². The molecule has 1 unspecified atom stereocenters. The zero-order valence-corrected chi connectivity index (χ0v) is 14.3. The lowest BCUT2D eigenvalue weighted by Gasteiger charge is -2.23. The van der Waals surface area contributed by atoms with Crippen LogP contribution in [0.25, 0.3) is 0 Å². The van der Waals surface area contributed by atoms with E-state index in [2.05, 4.69) is 0 Å². The zero-order valence-electron chi connectivity index (χ0n) is 11.5. The minimum Gasteiger partial charge on any atom is -0.519 e. The Bertz CT molecular complexity index is 377. The largest absolute Gasteiger partial charge is 0.519 e. The molecule has 0 aromatic carbocycles. The van der Waals surface area contributed by atoms with Gasteiger partial charge in [-0.3, -0.25) is 4.79 Å². The van der Waals surface area contributed by atoms with E-state index < -0.39 is 38.0 Å². The Labute approximate surface area is 106 Å². The fraction of sp³-hybridized carbons (Fsp3) is 0.889. The Balaban J connectivity index is 4.82. The van der Waals surface area contributed by atoms with Crippen molar-refractivity contribution in [2.45, 2.75) is 51.5 Å². The highest BCUT2D eigenvalue weighted by Crippen LogP contribution is 2.16. The summed E-state index contributed by atoms with van der Waals surface area (Å²) in [6.45, 7) is 12.0. The molecule has 0 bridgehead atoms. The van der Waals surface area contributed by atoms with E-state index in [4.69, 9.17) is 8.30 Å². The normalized spacial score (nSPS) is 15.5. The van der Waals surface area contributed by atoms with Crippen LogP contribution in [-0.4, -0.2) is 36.3 Å². The molecule has 0 radical (unpaired) electrons. The summed E-state index contributed by atoms with van der Waals surface area (Å²) in [4.78, 5) is 11.7. The zero-order chi connectivity index (χ0) is 14.1. The fourth-order valence-corrected chi connectivity index (χ4v) is 5.44. The fourth-order valence-electron chi connectivity index (χ4n) is 0.923. The van der Waals surface area contributed by atoms with Gasteiger partial charge in [0.2, 0.25) is 16.6 Å². The maximum atomic E-state index is 11.8. The van der Waals surface area contributed by atoms with Crippen LogP contribution in [0.4, 0.5) is 0 Å². The van der Waals surface area contributed by atoms with Crippen LogP contribution in [0.1, 0.15) is 6.92 Å². The summed E-state index contributed by atoms with van der Waals surface area (Å²) in [7, 11) is -8.20. The molecule has 5 nitrogen and oxygen atoms in total. The van der Waals surface area contributed by atoms with Crippen molar-refractivity contribution in [3.05, 3.63) is 0 Å². The third-order valence-corrected chi connectivity index (χ3v) is 6.34. The second-order valence-electron chi connectivity index (χ2n) is 5.86. The van der Waals surface area contributed by atoms with Gasteiger partial charge in [0.15, 0.2) is 5.25 Å². The van der Waals surface area contributed by atoms with Crippen molar-refractivity contribution in [2.24, 2.45) is 0 Å². The lowest BCUT2D eigenvalue weighted by atomic mass is 10.5. The van der Waals surface area contributed by atoms with Crippen molar-refractivity contribution in [1.82, 2.24) is 0 Å². The predicted molar refractivity (Wildman–Crippen MR) is 72.3 cm³/mol. The van der Waals surface area contributed by atoms with Gasteiger partial charge in [-0.1, -0.05) is 0 Å². The van der Waals surface area contributed by atoms with Gasteiger partial charge in [0, 0.05) is 0 Å². The molecule has 17 heavy (non-hydrogen) atoms. The molecule has 0 saturated carbocycles. The lowest BCUT2D eigenvalue weighted by Crippen LogP contribution is -2.41. The molecule has 8 heteroatoms. The maximum absolute atomic E-state index is 11.8. The van der Waals surface area contributed by atoms with E-state index in [0.29, 0.717) is 0 Å². The minimum absolute atomic E-state index is 0.720. The molecule has 0 saturated heterocycles. The van der Waals surface area contributed by atoms with Gasteiger partial charge in [-0.25, -0.2) is 0 Å². The van der Waals surface area contributed by atoms with Crippen molar-refractivity contribution in [1.29, 1.82) is 0 Å². The second-order valence-corrected chi connectivity index (χ2v) is 16.9. The molecule has 0 aromatic rings. The Morgan fingerprint density at radius 2 is 1.41 bits per heavy atom. The Morgan fingerprint density at radius 1 is 1.00 bits per heavy atom. The van der Waals surface area contributed by atoms with Crippen molar-refractivity contribution in [3.8, 4) is 0 Å². The van der Waals surface area contributed by atoms with Crippen LogP contribution in [0, 0.1) is 0 Å². The first-order valence-electron chi connectivity index (χ1n) is 5.42. The summed E-state index contributed by atoms with van der Waals surface area (Å²) in [5.74, 6) is -0.720. The van der Waals surface area contributed by atoms with Gasteiger partial charge in [0.05, 0.1) is 0 Å². The molecular formula is C9H22O5SSi2. The molecule has 0 fully saturated rings. The van der Waals surface area contributed by atoms with Gasteiger partial charge in [-0.15, -0.1) is 0 Å². The van der Waals surface area contributed by atoms with Crippen LogP contribution < -0.4 is 0 Å². The topological polar surface area (TPSA) is 69.7 Å². The first-order chi connectivity index (χ1) is 7.25. The Kier molecular flexibility index (Phi) is 5.15. The van der Waals surface area contributed by atoms with Gasteiger partial charge >= 0.3 is 5.97 Å². The molecule has 0 aliphatic rings. The summed E-state index contributed by atoms with van der Waals surface area (Å²) in [5, 5.41) is -1.26. The van der Waals surface area contributed by atoms with Crippen molar-refractivity contribution >= 4 is 32.7 Å². The maximum Gasteiger partial charge on any atom is 0.313 e. The summed E-state index contributed by atoms with van der Waals surface area (Å²) < 4.78 is 33.8. The first-order valence-corrected chi connectivity index (χ1v) is 13.7. The third-order valence-electron chi connectivity index (χ3n) is 1.54. The van der Waals surface area contributed by atoms with Crippen LogP contribution in [0.15, 0.2) is 0 Å². The molecule has 0 spiro atoms. The second kappa shape index (κ2) is 5.21. The number of carbonyl (C=O) groups is 1. The molecule has 102 valence electrons. The molecule has 0 amide bonds. The van der Waals surface area contributed by atoms with Crippen molar-refractivity contribution in [3.63, 3.8) is 0 Å². The number of hydrogen-bond donors (Lipinski definition) is 0. The van der Waals surface area contributed by atoms with Crippen LogP contribution >= 0.6 is 0 Å². The number of rotatable bonds is 5. The van der Waals surface area contributed by atoms with Crippen LogP contribution in [0.2, 0.25) is 39.3 Å². The van der Waals surface area contributed by atoms with E-state index in [1.165, 1.54) is 6.92 Å². The monoisotopic (exact) mass is 298 g/mol. The molecule has 0 N–H and O–H groups in total. The third kappa shape index (κ3) is 6.97. The summed E-state index contributed by atoms with van der Waals surface area (Å²) in [5.41, 5.74) is 0. The molecule has 0 heterocycles. The number of carbonyl (C=O) groups excluding carboxylic acids is 1. The van der Waals surface area contributed by atoms with Gasteiger partial charge in [-0.2, -0.15) is 8.42 Å². The van der Waals surface area contributed by atoms with E-state index in [0.717, 1.165) is 0 Å². The molecular weight excluding hydrogens is 276 g/mol. The van der Waals surface area contributed by atoms with Gasteiger partial charge in [-0.05, 0) is 46.2 Å². The van der Waals surface area contributed by atoms with E-state index in [-0.39, 0.29) is 0 Å². The van der Waals surface area contributed by atoms with Crippen LogP contribution in [-0.2, 0) is 23.2 Å². The average Bonchev–Trinajstić information content (AvgIpc) is 1.94.